The maximum atomic E-state index is 11.0. The van der Waals surface area contributed by atoms with Gasteiger partial charge in [0.1, 0.15) is 6.33 Å². The number of nitro groups is 1. The molecule has 1 N–H and O–H groups in total. The summed E-state index contributed by atoms with van der Waals surface area (Å²) in [6, 6.07) is 4.71. The number of nitrogens with zero attached hydrogens (tertiary/aromatic N) is 4. The predicted molar refractivity (Wildman–Crippen MR) is 77.2 cm³/mol. The normalized spacial score (nSPS) is 10.4. The molecule has 8 nitrogen and oxygen atoms in total. The van der Waals surface area contributed by atoms with E-state index in [1.54, 1.807) is 23.0 Å². The van der Waals surface area contributed by atoms with Crippen LogP contribution in [-0.2, 0) is 13.6 Å². The molecule has 0 aliphatic carbocycles. The summed E-state index contributed by atoms with van der Waals surface area (Å²) in [6.45, 7) is 2.86. The molecule has 0 amide bonds. The van der Waals surface area contributed by atoms with Crippen LogP contribution in [0.2, 0.25) is 0 Å². The zero-order valence-corrected chi connectivity index (χ0v) is 11.9. The Morgan fingerprint density at radius 3 is 2.90 bits per heavy atom. The molecule has 8 heteroatoms. The van der Waals surface area contributed by atoms with Crippen LogP contribution in [-0.4, -0.2) is 26.3 Å². The average Bonchev–Trinajstić information content (AvgIpc) is 2.88. The van der Waals surface area contributed by atoms with Crippen molar-refractivity contribution in [2.75, 3.05) is 11.9 Å². The van der Waals surface area contributed by atoms with Crippen molar-refractivity contribution in [2.45, 2.75) is 19.9 Å². The Labute approximate surface area is 121 Å². The highest BCUT2D eigenvalue weighted by Gasteiger charge is 2.15. The minimum absolute atomic E-state index is 0.0346. The van der Waals surface area contributed by atoms with Gasteiger partial charge in [-0.25, -0.2) is 0 Å². The molecule has 0 atom stereocenters. The predicted octanol–water partition coefficient (Wildman–Crippen LogP) is 2.12. The molecule has 0 spiro atoms. The first-order valence-corrected chi connectivity index (χ1v) is 6.59. The SMILES string of the molecule is CCCOc1cc(NCc2nncn2C)ccc1[N+](=O)[O-]. The Morgan fingerprint density at radius 2 is 2.29 bits per heavy atom. The minimum atomic E-state index is -0.447. The summed E-state index contributed by atoms with van der Waals surface area (Å²) in [7, 11) is 1.85. The summed E-state index contributed by atoms with van der Waals surface area (Å²) in [5.41, 5.74) is 0.697. The third-order valence-electron chi connectivity index (χ3n) is 2.87. The van der Waals surface area contributed by atoms with Gasteiger partial charge in [-0.3, -0.25) is 10.1 Å². The standard InChI is InChI=1S/C13H17N5O3/c1-3-6-21-12-7-10(4-5-11(12)18(19)20)14-8-13-16-15-9-17(13)2/h4-5,7,9,14H,3,6,8H2,1-2H3. The molecular formula is C13H17N5O3. The lowest BCUT2D eigenvalue weighted by molar-refractivity contribution is -0.385. The molecule has 2 rings (SSSR count). The molecule has 0 aliphatic heterocycles. The zero-order valence-electron chi connectivity index (χ0n) is 11.9. The molecule has 0 radical (unpaired) electrons. The van der Waals surface area contributed by atoms with Crippen LogP contribution < -0.4 is 10.1 Å². The fourth-order valence-corrected chi connectivity index (χ4v) is 1.75. The first kappa shape index (κ1) is 14.8. The van der Waals surface area contributed by atoms with Gasteiger partial charge in [0, 0.05) is 24.9 Å². The van der Waals surface area contributed by atoms with Crippen molar-refractivity contribution in [1.29, 1.82) is 0 Å². The zero-order chi connectivity index (χ0) is 15.2. The summed E-state index contributed by atoms with van der Waals surface area (Å²) in [6.07, 6.45) is 2.40. The van der Waals surface area contributed by atoms with E-state index in [9.17, 15) is 10.1 Å². The van der Waals surface area contributed by atoms with Crippen LogP contribution >= 0.6 is 0 Å². The van der Waals surface area contributed by atoms with Gasteiger partial charge in [0.25, 0.3) is 0 Å². The first-order valence-electron chi connectivity index (χ1n) is 6.59. The second-order valence-corrected chi connectivity index (χ2v) is 4.50. The van der Waals surface area contributed by atoms with Crippen molar-refractivity contribution in [3.05, 3.63) is 40.5 Å². The highest BCUT2D eigenvalue weighted by atomic mass is 16.6. The van der Waals surface area contributed by atoms with Gasteiger partial charge in [-0.2, -0.15) is 0 Å². The number of benzene rings is 1. The Morgan fingerprint density at radius 1 is 1.48 bits per heavy atom. The van der Waals surface area contributed by atoms with Gasteiger partial charge in [0.05, 0.1) is 18.1 Å². The maximum Gasteiger partial charge on any atom is 0.311 e. The Hall–Kier alpha value is -2.64. The molecular weight excluding hydrogens is 274 g/mol. The fourth-order valence-electron chi connectivity index (χ4n) is 1.75. The number of aromatic nitrogens is 3. The van der Waals surface area contributed by atoms with E-state index in [0.29, 0.717) is 13.2 Å². The third kappa shape index (κ3) is 3.68. The molecule has 0 aliphatic rings. The van der Waals surface area contributed by atoms with Gasteiger partial charge in [0.15, 0.2) is 11.6 Å². The van der Waals surface area contributed by atoms with Gasteiger partial charge in [-0.15, -0.1) is 10.2 Å². The second-order valence-electron chi connectivity index (χ2n) is 4.50. The van der Waals surface area contributed by atoms with E-state index in [4.69, 9.17) is 4.74 Å². The van der Waals surface area contributed by atoms with E-state index >= 15 is 0 Å². The lowest BCUT2D eigenvalue weighted by Crippen LogP contribution is -2.06. The van der Waals surface area contributed by atoms with E-state index in [2.05, 4.69) is 15.5 Å². The van der Waals surface area contributed by atoms with Crippen molar-refractivity contribution in [1.82, 2.24) is 14.8 Å². The molecule has 0 bridgehead atoms. The maximum absolute atomic E-state index is 11.0. The molecule has 0 unspecified atom stereocenters. The summed E-state index contributed by atoms with van der Waals surface area (Å²) in [5.74, 6) is 1.04. The Balaban J connectivity index is 2.13. The molecule has 1 aromatic carbocycles. The van der Waals surface area contributed by atoms with E-state index in [1.165, 1.54) is 6.07 Å². The molecule has 0 saturated heterocycles. The van der Waals surface area contributed by atoms with Gasteiger partial charge in [0.2, 0.25) is 0 Å². The number of ether oxygens (including phenoxy) is 1. The lowest BCUT2D eigenvalue weighted by atomic mass is 10.2. The molecule has 0 fully saturated rings. The number of rotatable bonds is 7. The molecule has 1 aromatic heterocycles. The van der Waals surface area contributed by atoms with Crippen LogP contribution in [0.3, 0.4) is 0 Å². The summed E-state index contributed by atoms with van der Waals surface area (Å²) < 4.78 is 7.23. The Kier molecular flexibility index (Phi) is 4.70. The second kappa shape index (κ2) is 6.69. The largest absolute Gasteiger partial charge is 0.487 e. The van der Waals surface area contributed by atoms with Gasteiger partial charge >= 0.3 is 5.69 Å². The van der Waals surface area contributed by atoms with Crippen LogP contribution in [0, 0.1) is 10.1 Å². The average molecular weight is 291 g/mol. The number of nitrogens with one attached hydrogen (secondary N) is 1. The third-order valence-corrected chi connectivity index (χ3v) is 2.87. The summed E-state index contributed by atoms with van der Waals surface area (Å²) in [4.78, 5) is 10.5. The molecule has 21 heavy (non-hydrogen) atoms. The van der Waals surface area contributed by atoms with Crippen molar-refractivity contribution in [3.8, 4) is 5.75 Å². The highest BCUT2D eigenvalue weighted by Crippen LogP contribution is 2.30. The van der Waals surface area contributed by atoms with Crippen LogP contribution in [0.15, 0.2) is 24.5 Å². The topological polar surface area (TPSA) is 95.1 Å². The van der Waals surface area contributed by atoms with Crippen LogP contribution in [0.25, 0.3) is 0 Å². The van der Waals surface area contributed by atoms with Crippen LogP contribution in [0.5, 0.6) is 5.75 Å². The van der Waals surface area contributed by atoms with Gasteiger partial charge < -0.3 is 14.6 Å². The lowest BCUT2D eigenvalue weighted by Gasteiger charge is -2.09. The molecule has 112 valence electrons. The van der Waals surface area contributed by atoms with E-state index in [-0.39, 0.29) is 11.4 Å². The van der Waals surface area contributed by atoms with E-state index < -0.39 is 4.92 Å². The summed E-state index contributed by atoms with van der Waals surface area (Å²) in [5, 5.41) is 21.9. The molecule has 1 heterocycles. The van der Waals surface area contributed by atoms with Gasteiger partial charge in [-0.05, 0) is 12.5 Å². The van der Waals surface area contributed by atoms with Crippen LogP contribution in [0.1, 0.15) is 19.2 Å². The smallest absolute Gasteiger partial charge is 0.311 e. The molecule has 2 aromatic rings. The highest BCUT2D eigenvalue weighted by molar-refractivity contribution is 5.58. The van der Waals surface area contributed by atoms with Crippen molar-refractivity contribution in [3.63, 3.8) is 0 Å². The monoisotopic (exact) mass is 291 g/mol. The fraction of sp³-hybridized carbons (Fsp3) is 0.385. The van der Waals surface area contributed by atoms with Crippen molar-refractivity contribution in [2.24, 2.45) is 7.05 Å². The number of hydrogen-bond donors (Lipinski definition) is 1. The number of hydrogen-bond acceptors (Lipinski definition) is 6. The van der Waals surface area contributed by atoms with E-state index in [1.807, 2.05) is 14.0 Å². The number of nitro benzene ring substituents is 1. The molecule has 0 saturated carbocycles. The van der Waals surface area contributed by atoms with E-state index in [0.717, 1.165) is 17.9 Å². The van der Waals surface area contributed by atoms with Gasteiger partial charge in [-0.1, -0.05) is 6.92 Å². The van der Waals surface area contributed by atoms with Crippen molar-refractivity contribution < 1.29 is 9.66 Å². The minimum Gasteiger partial charge on any atom is -0.487 e. The Bertz CT molecular complexity index is 626. The summed E-state index contributed by atoms with van der Waals surface area (Å²) >= 11 is 0. The van der Waals surface area contributed by atoms with Crippen molar-refractivity contribution >= 4 is 11.4 Å². The first-order chi connectivity index (χ1) is 10.1. The number of anilines is 1. The quantitative estimate of drug-likeness (QED) is 0.620. The van der Waals surface area contributed by atoms with Crippen LogP contribution in [0.4, 0.5) is 11.4 Å². The number of aryl methyl sites for hydroxylation is 1.